The van der Waals surface area contributed by atoms with Crippen LogP contribution in [-0.2, 0) is 9.59 Å². The molecular weight excluding hydrogens is 572 g/mol. The Labute approximate surface area is 263 Å². The van der Waals surface area contributed by atoms with E-state index in [4.69, 9.17) is 21.4 Å². The lowest BCUT2D eigenvalue weighted by Gasteiger charge is -2.33. The van der Waals surface area contributed by atoms with E-state index >= 15 is 0 Å². The van der Waals surface area contributed by atoms with Gasteiger partial charge >= 0.3 is 0 Å². The average molecular weight is 615 g/mol. The highest BCUT2D eigenvalue weighted by Gasteiger charge is 2.42. The molecule has 1 aromatic carbocycles. The van der Waals surface area contributed by atoms with Gasteiger partial charge in [0.05, 0.1) is 22.9 Å². The molecule has 0 bridgehead atoms. The second kappa shape index (κ2) is 14.5. The topological polar surface area (TPSA) is 167 Å². The summed E-state index contributed by atoms with van der Waals surface area (Å²) in [5.41, 5.74) is 14.2. The summed E-state index contributed by atoms with van der Waals surface area (Å²) in [5.74, 6) is -0.379. The van der Waals surface area contributed by atoms with E-state index in [-0.39, 0.29) is 30.0 Å². The molecule has 0 radical (unpaired) electrons. The number of carbonyl (C=O) groups excluding carboxylic acids is 4. The minimum atomic E-state index is -1.15. The van der Waals surface area contributed by atoms with Crippen molar-refractivity contribution in [1.29, 1.82) is 0 Å². The van der Waals surface area contributed by atoms with Crippen LogP contribution >= 0.6 is 0 Å². The lowest BCUT2D eigenvalue weighted by atomic mass is 9.78. The van der Waals surface area contributed by atoms with E-state index in [1.807, 2.05) is 24.4 Å². The molecule has 3 aliphatic rings. The molecule has 2 aromatic rings. The molecule has 5 N–H and O–H groups in total. The van der Waals surface area contributed by atoms with Crippen LogP contribution in [0.15, 0.2) is 47.6 Å². The predicted octanol–water partition coefficient (Wildman–Crippen LogP) is 2.30. The van der Waals surface area contributed by atoms with Crippen molar-refractivity contribution in [2.45, 2.75) is 50.6 Å². The van der Waals surface area contributed by atoms with Crippen LogP contribution in [0, 0.1) is 5.92 Å². The number of imide groups is 1. The molecule has 0 spiro atoms. The number of rotatable bonds is 14. The van der Waals surface area contributed by atoms with Gasteiger partial charge < -0.3 is 31.4 Å². The van der Waals surface area contributed by atoms with Crippen LogP contribution < -0.4 is 21.7 Å². The summed E-state index contributed by atoms with van der Waals surface area (Å²) in [5, 5.41) is 3.34. The van der Waals surface area contributed by atoms with Gasteiger partial charge in [-0.2, -0.15) is 0 Å². The number of hydrogen-bond donors (Lipinski definition) is 3. The number of piperazine rings is 1. The third-order valence-corrected chi connectivity index (χ3v) is 8.91. The van der Waals surface area contributed by atoms with Crippen molar-refractivity contribution >= 4 is 47.3 Å². The van der Waals surface area contributed by atoms with Crippen LogP contribution in [0.1, 0.15) is 64.9 Å². The van der Waals surface area contributed by atoms with Crippen molar-refractivity contribution in [1.82, 2.24) is 14.8 Å². The van der Waals surface area contributed by atoms with E-state index < -0.39 is 23.8 Å². The SMILES string of the molecule is CN1CCN(c2cccc(C(C=NC3CC(CCCNc4ccc5c(c4)C(=O)N(C(CCC=O)C(N)=O)C5=O)C3)=CN)n2)CC1. The zero-order valence-electron chi connectivity index (χ0n) is 25.7. The molecule has 2 fully saturated rings. The molecular formula is C33H42N8O4. The molecule has 2 aliphatic heterocycles. The first-order valence-electron chi connectivity index (χ1n) is 15.6. The fraction of sp³-hybridized carbons (Fsp3) is 0.455. The molecule has 5 rings (SSSR count). The highest BCUT2D eigenvalue weighted by Crippen LogP contribution is 2.34. The lowest BCUT2D eigenvalue weighted by molar-refractivity contribution is -0.122. The van der Waals surface area contributed by atoms with Crippen molar-refractivity contribution in [3.8, 4) is 0 Å². The monoisotopic (exact) mass is 614 g/mol. The number of aliphatic imine (C=N–C) groups is 1. The van der Waals surface area contributed by atoms with Gasteiger partial charge in [-0.1, -0.05) is 6.07 Å². The minimum Gasteiger partial charge on any atom is -0.404 e. The number of nitrogens with one attached hydrogen (secondary N) is 1. The Hall–Kier alpha value is -4.58. The predicted molar refractivity (Wildman–Crippen MR) is 174 cm³/mol. The third kappa shape index (κ3) is 7.39. The number of allylic oxidation sites excluding steroid dienone is 1. The molecule has 3 amide bonds. The minimum absolute atomic E-state index is 0.00980. The average Bonchev–Trinajstić information content (AvgIpc) is 3.26. The van der Waals surface area contributed by atoms with E-state index in [1.165, 1.54) is 0 Å². The molecule has 1 atom stereocenters. The van der Waals surface area contributed by atoms with Gasteiger partial charge in [-0.15, -0.1) is 0 Å². The van der Waals surface area contributed by atoms with Crippen LogP contribution in [0.25, 0.3) is 5.57 Å². The number of amides is 3. The number of nitrogens with two attached hydrogens (primary N) is 2. The maximum atomic E-state index is 13.0. The Morgan fingerprint density at radius 1 is 1.11 bits per heavy atom. The smallest absolute Gasteiger partial charge is 0.262 e. The fourth-order valence-corrected chi connectivity index (χ4v) is 6.13. The molecule has 12 nitrogen and oxygen atoms in total. The first-order valence-corrected chi connectivity index (χ1v) is 15.6. The molecule has 3 heterocycles. The summed E-state index contributed by atoms with van der Waals surface area (Å²) >= 11 is 0. The molecule has 1 saturated carbocycles. The van der Waals surface area contributed by atoms with Gasteiger partial charge in [0.25, 0.3) is 11.8 Å². The number of aldehydes is 1. The van der Waals surface area contributed by atoms with Gasteiger partial charge in [-0.3, -0.25) is 24.3 Å². The summed E-state index contributed by atoms with van der Waals surface area (Å²) < 4.78 is 0. The second-order valence-corrected chi connectivity index (χ2v) is 12.0. The van der Waals surface area contributed by atoms with Gasteiger partial charge in [0.15, 0.2) is 0 Å². The zero-order valence-corrected chi connectivity index (χ0v) is 25.7. The number of pyridine rings is 1. The third-order valence-electron chi connectivity index (χ3n) is 8.91. The highest BCUT2D eigenvalue weighted by molar-refractivity contribution is 6.23. The van der Waals surface area contributed by atoms with Crippen molar-refractivity contribution in [2.75, 3.05) is 50.0 Å². The van der Waals surface area contributed by atoms with Crippen molar-refractivity contribution in [3.05, 3.63) is 59.4 Å². The van der Waals surface area contributed by atoms with Gasteiger partial charge in [-0.25, -0.2) is 4.98 Å². The number of primary amides is 1. The quantitative estimate of drug-likeness (QED) is 0.125. The Morgan fingerprint density at radius 2 is 1.87 bits per heavy atom. The number of anilines is 2. The van der Waals surface area contributed by atoms with Crippen molar-refractivity contribution < 1.29 is 19.2 Å². The van der Waals surface area contributed by atoms with Crippen LogP contribution in [0.4, 0.5) is 11.5 Å². The summed E-state index contributed by atoms with van der Waals surface area (Å²) in [7, 11) is 2.14. The number of carbonyl (C=O) groups is 4. The Morgan fingerprint density at radius 3 is 2.58 bits per heavy atom. The van der Waals surface area contributed by atoms with E-state index in [9.17, 15) is 19.2 Å². The first kappa shape index (κ1) is 31.8. The van der Waals surface area contributed by atoms with E-state index in [1.54, 1.807) is 24.4 Å². The highest BCUT2D eigenvalue weighted by atomic mass is 16.2. The number of fused-ring (bicyclic) bond motifs is 1. The summed E-state index contributed by atoms with van der Waals surface area (Å²) in [4.78, 5) is 63.7. The van der Waals surface area contributed by atoms with Crippen LogP contribution in [0.3, 0.4) is 0 Å². The van der Waals surface area contributed by atoms with Gasteiger partial charge in [-0.05, 0) is 75.4 Å². The number of aromatic nitrogens is 1. The van der Waals surface area contributed by atoms with Crippen LogP contribution in [0.5, 0.6) is 0 Å². The zero-order chi connectivity index (χ0) is 31.9. The fourth-order valence-electron chi connectivity index (χ4n) is 6.13. The normalized spacial score (nSPS) is 21.1. The number of hydrogen-bond acceptors (Lipinski definition) is 10. The Balaban J connectivity index is 1.06. The van der Waals surface area contributed by atoms with Crippen molar-refractivity contribution in [3.63, 3.8) is 0 Å². The standard InChI is InChI=1S/C33H42N8O4/c1-39-12-14-40(15-13-39)30-8-2-6-28(38-30)23(20-34)21-37-25-17-22(18-25)5-3-11-36-24-9-10-26-27(19-24)33(45)41(32(26)44)29(31(35)43)7-4-16-42/h2,6,8-10,16,19-22,25,29,36H,3-5,7,11-15,17-18,34H2,1H3,(H2,35,43). The molecule has 1 aromatic heterocycles. The Bertz CT molecular complexity index is 1480. The van der Waals surface area contributed by atoms with Gasteiger partial charge in [0, 0.05) is 62.8 Å². The molecule has 1 saturated heterocycles. The maximum Gasteiger partial charge on any atom is 0.262 e. The second-order valence-electron chi connectivity index (χ2n) is 12.0. The summed E-state index contributed by atoms with van der Waals surface area (Å²) in [6, 6.07) is 10.1. The molecule has 12 heteroatoms. The molecule has 238 valence electrons. The van der Waals surface area contributed by atoms with E-state index in [0.29, 0.717) is 18.7 Å². The summed E-state index contributed by atoms with van der Waals surface area (Å²) in [6.07, 6.45) is 8.16. The van der Waals surface area contributed by atoms with Gasteiger partial charge in [0.1, 0.15) is 18.1 Å². The van der Waals surface area contributed by atoms with E-state index in [0.717, 1.165) is 79.5 Å². The molecule has 1 aliphatic carbocycles. The van der Waals surface area contributed by atoms with Crippen LogP contribution in [-0.4, -0.2) is 96.9 Å². The Kier molecular flexibility index (Phi) is 10.2. The maximum absolute atomic E-state index is 13.0. The molecule has 45 heavy (non-hydrogen) atoms. The van der Waals surface area contributed by atoms with Crippen LogP contribution in [0.2, 0.25) is 0 Å². The van der Waals surface area contributed by atoms with Gasteiger partial charge in [0.2, 0.25) is 5.91 Å². The lowest BCUT2D eigenvalue weighted by Crippen LogP contribution is -2.47. The number of nitrogens with zero attached hydrogens (tertiary/aromatic N) is 5. The summed E-state index contributed by atoms with van der Waals surface area (Å²) in [6.45, 7) is 4.67. The van der Waals surface area contributed by atoms with Crippen molar-refractivity contribution in [2.24, 2.45) is 22.4 Å². The number of benzene rings is 1. The largest absolute Gasteiger partial charge is 0.404 e. The number of likely N-dealkylation sites (N-methyl/N-ethyl adjacent to an activating group) is 1. The van der Waals surface area contributed by atoms with E-state index in [2.05, 4.69) is 22.2 Å². The first-order chi connectivity index (χ1) is 21.8. The molecule has 1 unspecified atom stereocenters.